The quantitative estimate of drug-likeness (QED) is 0.342. The summed E-state index contributed by atoms with van der Waals surface area (Å²) in [6.45, 7) is 1.10. The van der Waals surface area contributed by atoms with E-state index in [2.05, 4.69) is 0 Å². The van der Waals surface area contributed by atoms with Crippen molar-refractivity contribution in [2.45, 2.75) is 0 Å². The van der Waals surface area contributed by atoms with Crippen LogP contribution in [-0.4, -0.2) is 52.4 Å². The monoisotopic (exact) mass is 447 g/mol. The number of carbonyl (C=O) groups excluding carboxylic acids is 1. The van der Waals surface area contributed by atoms with E-state index in [4.69, 9.17) is 18.6 Å². The third-order valence-corrected chi connectivity index (χ3v) is 4.63. The van der Waals surface area contributed by atoms with E-state index in [1.165, 1.54) is 31.5 Å². The zero-order chi connectivity index (χ0) is 21.7. The van der Waals surface area contributed by atoms with Gasteiger partial charge in [-0.15, -0.1) is 0 Å². The van der Waals surface area contributed by atoms with Crippen molar-refractivity contribution in [2.75, 3.05) is 41.5 Å². The minimum absolute atomic E-state index is 0. The molecule has 7 nitrogen and oxygen atoms in total. The SMILES string of the molecule is COc1c(C(=O)/C=C/c2ccccc2O)c(OCC[NH+](C)C)c(OC)c2occc12.[Cl-]. The molecule has 0 radical (unpaired) electrons. The van der Waals surface area contributed by atoms with Crippen LogP contribution in [0.15, 0.2) is 47.1 Å². The Labute approximate surface area is 187 Å². The fraction of sp³-hybridized carbons (Fsp3) is 0.261. The highest BCUT2D eigenvalue weighted by atomic mass is 35.5. The first-order chi connectivity index (χ1) is 14.5. The van der Waals surface area contributed by atoms with Gasteiger partial charge in [-0.05, 0) is 24.3 Å². The number of allylic oxidation sites excluding steroid dienone is 1. The zero-order valence-electron chi connectivity index (χ0n) is 17.9. The van der Waals surface area contributed by atoms with E-state index in [9.17, 15) is 9.90 Å². The summed E-state index contributed by atoms with van der Waals surface area (Å²) in [6.07, 6.45) is 4.44. The average Bonchev–Trinajstić information content (AvgIpc) is 3.21. The lowest BCUT2D eigenvalue weighted by molar-refractivity contribution is -0.858. The van der Waals surface area contributed by atoms with E-state index in [0.717, 1.165) is 6.54 Å². The standard InChI is InChI=1S/C23H25NO6.ClH/c1-24(2)12-14-30-22-19(18(26)10-9-15-7-5-6-8-17(15)25)20(27-3)16-11-13-29-21(16)23(22)28-4;/h5-11,13,25H,12,14H2,1-4H3;1H/b10-9+;. The molecule has 1 aromatic heterocycles. The molecule has 0 bridgehead atoms. The molecule has 0 spiro atoms. The van der Waals surface area contributed by atoms with Gasteiger partial charge in [0.05, 0.1) is 40.0 Å². The molecule has 0 atom stereocenters. The number of halogens is 1. The normalized spacial score (nSPS) is 11.0. The topological polar surface area (TPSA) is 82.6 Å². The zero-order valence-corrected chi connectivity index (χ0v) is 18.7. The van der Waals surface area contributed by atoms with Crippen molar-refractivity contribution in [2.24, 2.45) is 0 Å². The Morgan fingerprint density at radius 3 is 2.45 bits per heavy atom. The van der Waals surface area contributed by atoms with E-state index in [1.807, 2.05) is 14.1 Å². The number of nitrogens with one attached hydrogen (secondary N) is 1. The highest BCUT2D eigenvalue weighted by Crippen LogP contribution is 2.46. The van der Waals surface area contributed by atoms with Crippen LogP contribution in [0.5, 0.6) is 23.0 Å². The minimum atomic E-state index is -0.344. The predicted octanol–water partition coefficient (Wildman–Crippen LogP) is -0.421. The van der Waals surface area contributed by atoms with Crippen molar-refractivity contribution in [3.63, 3.8) is 0 Å². The number of quaternary nitrogens is 1. The highest BCUT2D eigenvalue weighted by molar-refractivity contribution is 6.15. The number of ether oxygens (including phenoxy) is 3. The number of aromatic hydroxyl groups is 1. The van der Waals surface area contributed by atoms with Crippen molar-refractivity contribution in [1.29, 1.82) is 0 Å². The lowest BCUT2D eigenvalue weighted by Gasteiger charge is -2.18. The molecule has 31 heavy (non-hydrogen) atoms. The van der Waals surface area contributed by atoms with Crippen molar-refractivity contribution >= 4 is 22.8 Å². The molecule has 2 N–H and O–H groups in total. The lowest BCUT2D eigenvalue weighted by atomic mass is 10.0. The number of rotatable bonds is 9. The van der Waals surface area contributed by atoms with Gasteiger partial charge in [-0.3, -0.25) is 4.79 Å². The molecular formula is C23H26ClNO6. The summed E-state index contributed by atoms with van der Waals surface area (Å²) < 4.78 is 22.7. The number of furan rings is 1. The van der Waals surface area contributed by atoms with Crippen LogP contribution in [0.3, 0.4) is 0 Å². The number of hydrogen-bond donors (Lipinski definition) is 2. The number of likely N-dealkylation sites (N-methyl/N-ethyl adjacent to an activating group) is 1. The molecule has 166 valence electrons. The molecule has 0 saturated carbocycles. The summed E-state index contributed by atoms with van der Waals surface area (Å²) in [5.41, 5.74) is 1.21. The largest absolute Gasteiger partial charge is 1.00 e. The van der Waals surface area contributed by atoms with Gasteiger partial charge in [0.2, 0.25) is 5.75 Å². The van der Waals surface area contributed by atoms with Gasteiger partial charge in [0.15, 0.2) is 17.1 Å². The van der Waals surface area contributed by atoms with E-state index in [-0.39, 0.29) is 35.3 Å². The molecule has 3 rings (SSSR count). The maximum Gasteiger partial charge on any atom is 0.205 e. The van der Waals surface area contributed by atoms with Gasteiger partial charge in [-0.1, -0.05) is 18.2 Å². The number of hydrogen-bond acceptors (Lipinski definition) is 6. The molecule has 0 unspecified atom stereocenters. The van der Waals surface area contributed by atoms with Crippen LogP contribution in [0.4, 0.5) is 0 Å². The Balaban J connectivity index is 0.00000341. The number of carbonyl (C=O) groups is 1. The highest BCUT2D eigenvalue weighted by Gasteiger charge is 2.28. The Morgan fingerprint density at radius 1 is 1.10 bits per heavy atom. The molecule has 2 aromatic carbocycles. The Kier molecular flexibility index (Phi) is 8.36. The summed E-state index contributed by atoms with van der Waals surface area (Å²) in [4.78, 5) is 14.4. The Bertz CT molecular complexity index is 1070. The molecular weight excluding hydrogens is 422 g/mol. The fourth-order valence-electron chi connectivity index (χ4n) is 3.11. The number of para-hydroxylation sites is 1. The molecule has 0 fully saturated rings. The van der Waals surface area contributed by atoms with Crippen molar-refractivity contribution < 1.29 is 45.8 Å². The number of ketones is 1. The molecule has 0 aliphatic rings. The second kappa shape index (κ2) is 10.7. The number of phenols is 1. The first-order valence-electron chi connectivity index (χ1n) is 9.55. The first kappa shape index (κ1) is 24.1. The number of phenolic OH excluding ortho intramolecular Hbond substituents is 1. The summed E-state index contributed by atoms with van der Waals surface area (Å²) >= 11 is 0. The van der Waals surface area contributed by atoms with Gasteiger partial charge in [0.25, 0.3) is 0 Å². The van der Waals surface area contributed by atoms with Crippen molar-refractivity contribution in [1.82, 2.24) is 0 Å². The van der Waals surface area contributed by atoms with Gasteiger partial charge in [0, 0.05) is 5.56 Å². The summed E-state index contributed by atoms with van der Waals surface area (Å²) in [5, 5.41) is 10.6. The second-order valence-electron chi connectivity index (χ2n) is 7.00. The first-order valence-corrected chi connectivity index (χ1v) is 9.55. The van der Waals surface area contributed by atoms with Crippen LogP contribution in [0.25, 0.3) is 17.0 Å². The summed E-state index contributed by atoms with van der Waals surface area (Å²) in [7, 11) is 7.02. The van der Waals surface area contributed by atoms with Crippen LogP contribution < -0.4 is 31.5 Å². The maximum absolute atomic E-state index is 13.2. The van der Waals surface area contributed by atoms with Gasteiger partial charge in [0.1, 0.15) is 30.2 Å². The van der Waals surface area contributed by atoms with Crippen LogP contribution in [0.1, 0.15) is 15.9 Å². The number of fused-ring (bicyclic) bond motifs is 1. The fourth-order valence-corrected chi connectivity index (χ4v) is 3.11. The van der Waals surface area contributed by atoms with Gasteiger partial charge >= 0.3 is 0 Å². The smallest absolute Gasteiger partial charge is 0.205 e. The maximum atomic E-state index is 13.2. The molecule has 3 aromatic rings. The van der Waals surface area contributed by atoms with E-state index >= 15 is 0 Å². The van der Waals surface area contributed by atoms with Crippen LogP contribution in [-0.2, 0) is 0 Å². The third kappa shape index (κ3) is 5.13. The Hall–Kier alpha value is -3.16. The third-order valence-electron chi connectivity index (χ3n) is 4.63. The minimum Gasteiger partial charge on any atom is -1.00 e. The Morgan fingerprint density at radius 2 is 1.81 bits per heavy atom. The average molecular weight is 448 g/mol. The van der Waals surface area contributed by atoms with Crippen LogP contribution in [0, 0.1) is 0 Å². The molecule has 1 heterocycles. The van der Waals surface area contributed by atoms with Gasteiger partial charge in [-0.2, -0.15) is 0 Å². The molecule has 0 aliphatic heterocycles. The number of benzene rings is 2. The van der Waals surface area contributed by atoms with Gasteiger partial charge in [-0.25, -0.2) is 0 Å². The molecule has 0 aliphatic carbocycles. The lowest BCUT2D eigenvalue weighted by Crippen LogP contribution is -3.06. The molecule has 0 amide bonds. The molecule has 8 heteroatoms. The van der Waals surface area contributed by atoms with Crippen molar-refractivity contribution in [3.8, 4) is 23.0 Å². The van der Waals surface area contributed by atoms with Crippen LogP contribution in [0.2, 0.25) is 0 Å². The number of methoxy groups -OCH3 is 2. The summed E-state index contributed by atoms with van der Waals surface area (Å²) in [6, 6.07) is 8.49. The summed E-state index contributed by atoms with van der Waals surface area (Å²) in [5.74, 6) is 0.693. The van der Waals surface area contributed by atoms with E-state index < -0.39 is 0 Å². The van der Waals surface area contributed by atoms with Crippen molar-refractivity contribution in [3.05, 3.63) is 53.8 Å². The van der Waals surface area contributed by atoms with Gasteiger partial charge < -0.3 is 41.0 Å². The van der Waals surface area contributed by atoms with E-state index in [1.54, 1.807) is 36.4 Å². The van der Waals surface area contributed by atoms with E-state index in [0.29, 0.717) is 34.6 Å². The van der Waals surface area contributed by atoms with Crippen LogP contribution >= 0.6 is 0 Å². The molecule has 0 saturated heterocycles. The predicted molar refractivity (Wildman–Crippen MR) is 114 cm³/mol. The second-order valence-corrected chi connectivity index (χ2v) is 7.00.